The highest BCUT2D eigenvalue weighted by Crippen LogP contribution is 2.49. The normalized spacial score (nSPS) is 14.5. The zero-order valence-electron chi connectivity index (χ0n) is 15.5. The van der Waals surface area contributed by atoms with Gasteiger partial charge in [-0.3, -0.25) is 9.59 Å². The average molecular weight is 350 g/mol. The van der Waals surface area contributed by atoms with Crippen LogP contribution in [0.25, 0.3) is 0 Å². The Balaban J connectivity index is 1.69. The van der Waals surface area contributed by atoms with E-state index in [-0.39, 0.29) is 11.8 Å². The molecule has 0 saturated heterocycles. The van der Waals surface area contributed by atoms with Crippen LogP contribution in [0.4, 0.5) is 0 Å². The predicted octanol–water partition coefficient (Wildman–Crippen LogP) is 3.47. The van der Waals surface area contributed by atoms with Crippen molar-refractivity contribution in [2.75, 3.05) is 13.6 Å². The topological polar surface area (TPSA) is 40.6 Å². The lowest BCUT2D eigenvalue weighted by Gasteiger charge is -2.29. The van der Waals surface area contributed by atoms with Crippen LogP contribution in [0.5, 0.6) is 0 Å². The molecule has 1 fully saturated rings. The summed E-state index contributed by atoms with van der Waals surface area (Å²) in [6, 6.07) is 19.8. The van der Waals surface area contributed by atoms with Crippen LogP contribution < -0.4 is 0 Å². The van der Waals surface area contributed by atoms with Crippen molar-refractivity contribution in [1.29, 1.82) is 0 Å². The minimum Gasteiger partial charge on any atom is -0.340 e. The van der Waals surface area contributed by atoms with Crippen LogP contribution in [0.2, 0.25) is 0 Å². The van der Waals surface area contributed by atoms with Crippen LogP contribution >= 0.6 is 0 Å². The molecule has 3 rings (SSSR count). The second-order valence-corrected chi connectivity index (χ2v) is 7.03. The molecule has 1 aliphatic carbocycles. The largest absolute Gasteiger partial charge is 0.340 e. The number of rotatable bonds is 7. The molecule has 2 aromatic carbocycles. The number of hydrogen-bond acceptors (Lipinski definition) is 2. The third kappa shape index (κ3) is 3.79. The van der Waals surface area contributed by atoms with Crippen molar-refractivity contribution < 1.29 is 9.59 Å². The van der Waals surface area contributed by atoms with E-state index in [9.17, 15) is 9.59 Å². The third-order valence-corrected chi connectivity index (χ3v) is 5.06. The van der Waals surface area contributed by atoms with Gasteiger partial charge < -0.3 is 9.80 Å². The fraction of sp³-hybridized carbons (Fsp3) is 0.364. The van der Waals surface area contributed by atoms with Gasteiger partial charge >= 0.3 is 0 Å². The second kappa shape index (κ2) is 7.73. The van der Waals surface area contributed by atoms with Crippen LogP contribution in [0.1, 0.15) is 30.9 Å². The van der Waals surface area contributed by atoms with Gasteiger partial charge in [0.1, 0.15) is 5.41 Å². The molecule has 0 heterocycles. The third-order valence-electron chi connectivity index (χ3n) is 5.06. The first-order valence-corrected chi connectivity index (χ1v) is 9.19. The van der Waals surface area contributed by atoms with E-state index in [1.54, 1.807) is 16.8 Å². The van der Waals surface area contributed by atoms with Gasteiger partial charge in [-0.2, -0.15) is 0 Å². The molecule has 0 N–H and O–H groups in total. The van der Waals surface area contributed by atoms with Gasteiger partial charge in [0.25, 0.3) is 0 Å². The molecule has 0 unspecified atom stereocenters. The number of nitrogens with zero attached hydrogens (tertiary/aromatic N) is 2. The Morgan fingerprint density at radius 1 is 0.846 bits per heavy atom. The maximum absolute atomic E-state index is 13.1. The summed E-state index contributed by atoms with van der Waals surface area (Å²) in [5.74, 6) is -0.0911. The van der Waals surface area contributed by atoms with Gasteiger partial charge in [0.2, 0.25) is 11.8 Å². The number of amides is 2. The molecular formula is C22H26N2O2. The highest BCUT2D eigenvalue weighted by molar-refractivity contribution is 6.07. The lowest BCUT2D eigenvalue weighted by atomic mass is 10.0. The van der Waals surface area contributed by atoms with Crippen molar-refractivity contribution in [3.63, 3.8) is 0 Å². The molecule has 4 nitrogen and oxygen atoms in total. The Morgan fingerprint density at radius 2 is 1.35 bits per heavy atom. The molecule has 1 saturated carbocycles. The Kier molecular flexibility index (Phi) is 5.40. The first-order chi connectivity index (χ1) is 12.6. The van der Waals surface area contributed by atoms with Crippen LogP contribution in [0.15, 0.2) is 60.7 Å². The van der Waals surface area contributed by atoms with Crippen molar-refractivity contribution in [3.05, 3.63) is 71.8 Å². The molecule has 0 aromatic heterocycles. The molecule has 26 heavy (non-hydrogen) atoms. The molecule has 0 bridgehead atoms. The summed E-state index contributed by atoms with van der Waals surface area (Å²) in [6.07, 6.45) is 1.30. The molecule has 1 aliphatic rings. The first kappa shape index (κ1) is 18.2. The zero-order chi connectivity index (χ0) is 18.6. The number of carbonyl (C=O) groups is 2. The van der Waals surface area contributed by atoms with Crippen molar-refractivity contribution in [1.82, 2.24) is 9.80 Å². The molecule has 2 aromatic rings. The van der Waals surface area contributed by atoms with E-state index in [0.717, 1.165) is 11.1 Å². The Hall–Kier alpha value is -2.62. The minimum absolute atomic E-state index is 0.0336. The molecule has 0 radical (unpaired) electrons. The maximum atomic E-state index is 13.1. The molecular weight excluding hydrogens is 324 g/mol. The summed E-state index contributed by atoms with van der Waals surface area (Å²) in [7, 11) is 1.79. The van der Waals surface area contributed by atoms with Gasteiger partial charge in [0.15, 0.2) is 0 Å². The first-order valence-electron chi connectivity index (χ1n) is 9.19. The van der Waals surface area contributed by atoms with Crippen molar-refractivity contribution in [2.45, 2.75) is 32.9 Å². The summed E-state index contributed by atoms with van der Waals surface area (Å²) in [5, 5.41) is 0. The van der Waals surface area contributed by atoms with Crippen LogP contribution in [-0.2, 0) is 22.7 Å². The molecule has 136 valence electrons. The molecule has 0 aliphatic heterocycles. The van der Waals surface area contributed by atoms with E-state index in [1.165, 1.54) is 0 Å². The van der Waals surface area contributed by atoms with Crippen molar-refractivity contribution in [3.8, 4) is 0 Å². The van der Waals surface area contributed by atoms with Crippen LogP contribution in [0.3, 0.4) is 0 Å². The van der Waals surface area contributed by atoms with Gasteiger partial charge in [-0.1, -0.05) is 60.7 Å². The van der Waals surface area contributed by atoms with E-state index < -0.39 is 5.41 Å². The van der Waals surface area contributed by atoms with Gasteiger partial charge in [-0.15, -0.1) is 0 Å². The minimum atomic E-state index is -0.853. The number of benzene rings is 2. The number of carbonyl (C=O) groups excluding carboxylic acids is 2. The summed E-state index contributed by atoms with van der Waals surface area (Å²) in [6.45, 7) is 3.65. The fourth-order valence-corrected chi connectivity index (χ4v) is 3.37. The quantitative estimate of drug-likeness (QED) is 0.718. The predicted molar refractivity (Wildman–Crippen MR) is 102 cm³/mol. The summed E-state index contributed by atoms with van der Waals surface area (Å²) in [4.78, 5) is 29.7. The molecule has 2 amide bonds. The van der Waals surface area contributed by atoms with E-state index in [1.807, 2.05) is 67.6 Å². The molecule has 4 heteroatoms. The van der Waals surface area contributed by atoms with Gasteiger partial charge in [0.05, 0.1) is 0 Å². The summed E-state index contributed by atoms with van der Waals surface area (Å²) >= 11 is 0. The highest BCUT2D eigenvalue weighted by Gasteiger charge is 2.58. The standard InChI is InChI=1S/C22H26N2O2/c1-3-24(17-19-12-8-5-9-13-19)21(26)22(14-15-22)20(25)23(2)16-18-10-6-4-7-11-18/h4-13H,3,14-17H2,1-2H3. The summed E-state index contributed by atoms with van der Waals surface area (Å²) in [5.41, 5.74) is 1.31. The molecule has 0 spiro atoms. The van der Waals surface area contributed by atoms with E-state index in [2.05, 4.69) is 0 Å². The van der Waals surface area contributed by atoms with Crippen LogP contribution in [0, 0.1) is 5.41 Å². The lowest BCUT2D eigenvalue weighted by Crippen LogP contribution is -2.45. The fourth-order valence-electron chi connectivity index (χ4n) is 3.37. The van der Waals surface area contributed by atoms with E-state index >= 15 is 0 Å². The van der Waals surface area contributed by atoms with E-state index in [0.29, 0.717) is 32.5 Å². The second-order valence-electron chi connectivity index (χ2n) is 7.03. The summed E-state index contributed by atoms with van der Waals surface area (Å²) < 4.78 is 0. The van der Waals surface area contributed by atoms with E-state index in [4.69, 9.17) is 0 Å². The smallest absolute Gasteiger partial charge is 0.238 e. The Morgan fingerprint density at radius 3 is 1.81 bits per heavy atom. The highest BCUT2D eigenvalue weighted by atomic mass is 16.2. The lowest BCUT2D eigenvalue weighted by molar-refractivity contribution is -0.149. The van der Waals surface area contributed by atoms with Crippen molar-refractivity contribution >= 4 is 11.8 Å². The maximum Gasteiger partial charge on any atom is 0.238 e. The van der Waals surface area contributed by atoms with Crippen LogP contribution in [-0.4, -0.2) is 35.2 Å². The zero-order valence-corrected chi connectivity index (χ0v) is 15.5. The molecule has 0 atom stereocenters. The van der Waals surface area contributed by atoms with Gasteiger partial charge in [-0.05, 0) is 30.9 Å². The number of hydrogen-bond donors (Lipinski definition) is 0. The Bertz CT molecular complexity index is 754. The van der Waals surface area contributed by atoms with Gasteiger partial charge in [0, 0.05) is 26.7 Å². The SMILES string of the molecule is CCN(Cc1ccccc1)C(=O)C1(C(=O)N(C)Cc2ccccc2)CC1. The average Bonchev–Trinajstić information content (AvgIpc) is 3.48. The monoisotopic (exact) mass is 350 g/mol. The van der Waals surface area contributed by atoms with Crippen molar-refractivity contribution in [2.24, 2.45) is 5.41 Å². The van der Waals surface area contributed by atoms with Gasteiger partial charge in [-0.25, -0.2) is 0 Å². The Labute approximate surface area is 155 Å².